The number of morpholine rings is 1. The van der Waals surface area contributed by atoms with E-state index in [1.807, 2.05) is 23.4 Å². The largest absolute Gasteiger partial charge is 0.376 e. The third-order valence-electron chi connectivity index (χ3n) is 3.51. The highest BCUT2D eigenvalue weighted by Gasteiger charge is 2.35. The standard InChI is InChI=1S/C14H17N3O/c1-4-12-10(2)5-6-17-14(12)11(3)16-7-8-18-9-13(16)15-17/h4-6,13,15H,1-3,7-9H2. The maximum Gasteiger partial charge on any atom is 0.121 e. The highest BCUT2D eigenvalue weighted by molar-refractivity contribution is 5.55. The molecule has 3 heterocycles. The Morgan fingerprint density at radius 1 is 1.44 bits per heavy atom. The van der Waals surface area contributed by atoms with Gasteiger partial charge in [0.05, 0.1) is 24.6 Å². The molecular weight excluding hydrogens is 226 g/mol. The van der Waals surface area contributed by atoms with Gasteiger partial charge in [0.1, 0.15) is 6.17 Å². The summed E-state index contributed by atoms with van der Waals surface area (Å²) in [6.07, 6.45) is 5.93. The van der Waals surface area contributed by atoms with E-state index in [1.165, 1.54) is 0 Å². The maximum atomic E-state index is 5.49. The number of fused-ring (bicyclic) bond motifs is 2. The van der Waals surface area contributed by atoms with E-state index in [0.717, 1.165) is 35.7 Å². The van der Waals surface area contributed by atoms with Crippen LogP contribution in [0.5, 0.6) is 0 Å². The first-order valence-electron chi connectivity index (χ1n) is 6.05. The maximum absolute atomic E-state index is 5.49. The monoisotopic (exact) mass is 243 g/mol. The van der Waals surface area contributed by atoms with Gasteiger partial charge in [-0.1, -0.05) is 25.8 Å². The van der Waals surface area contributed by atoms with Crippen LogP contribution >= 0.6 is 0 Å². The van der Waals surface area contributed by atoms with Crippen LogP contribution < -0.4 is 5.43 Å². The Hall–Kier alpha value is -1.78. The molecule has 3 rings (SSSR count). The van der Waals surface area contributed by atoms with Crippen molar-refractivity contribution in [3.63, 3.8) is 0 Å². The van der Waals surface area contributed by atoms with Gasteiger partial charge in [-0.2, -0.15) is 0 Å². The zero-order valence-corrected chi connectivity index (χ0v) is 10.4. The van der Waals surface area contributed by atoms with Crippen molar-refractivity contribution in [2.45, 2.75) is 6.17 Å². The van der Waals surface area contributed by atoms with Crippen molar-refractivity contribution in [2.24, 2.45) is 0 Å². The molecule has 0 aromatic rings. The van der Waals surface area contributed by atoms with E-state index < -0.39 is 0 Å². The van der Waals surface area contributed by atoms with Crippen molar-refractivity contribution in [3.05, 3.63) is 60.6 Å². The molecule has 3 aliphatic heterocycles. The summed E-state index contributed by atoms with van der Waals surface area (Å²) < 4.78 is 5.49. The average Bonchev–Trinajstić information content (AvgIpc) is 2.40. The van der Waals surface area contributed by atoms with Crippen LogP contribution in [0.4, 0.5) is 0 Å². The minimum atomic E-state index is 0.150. The summed E-state index contributed by atoms with van der Waals surface area (Å²) in [5.74, 6) is 0. The van der Waals surface area contributed by atoms with Crippen molar-refractivity contribution >= 4 is 0 Å². The second-order valence-electron chi connectivity index (χ2n) is 4.54. The highest BCUT2D eigenvalue weighted by atomic mass is 16.5. The summed E-state index contributed by atoms with van der Waals surface area (Å²) >= 11 is 0. The van der Waals surface area contributed by atoms with Gasteiger partial charge in [-0.05, 0) is 11.6 Å². The van der Waals surface area contributed by atoms with Crippen molar-refractivity contribution in [2.75, 3.05) is 19.8 Å². The van der Waals surface area contributed by atoms with Gasteiger partial charge in [-0.15, -0.1) is 0 Å². The minimum Gasteiger partial charge on any atom is -0.376 e. The molecule has 4 heteroatoms. The molecule has 0 spiro atoms. The third kappa shape index (κ3) is 1.54. The van der Waals surface area contributed by atoms with E-state index in [0.29, 0.717) is 6.61 Å². The van der Waals surface area contributed by atoms with E-state index in [2.05, 4.69) is 30.1 Å². The molecule has 18 heavy (non-hydrogen) atoms. The number of allylic oxidation sites excluding steroid dienone is 4. The first-order valence-corrected chi connectivity index (χ1v) is 6.05. The number of ether oxygens (including phenoxy) is 1. The van der Waals surface area contributed by atoms with Crippen LogP contribution in [0.25, 0.3) is 0 Å². The lowest BCUT2D eigenvalue weighted by Gasteiger charge is -2.49. The van der Waals surface area contributed by atoms with Gasteiger partial charge in [0, 0.05) is 18.3 Å². The zero-order valence-electron chi connectivity index (χ0n) is 10.4. The van der Waals surface area contributed by atoms with Crippen LogP contribution in [0.3, 0.4) is 0 Å². The molecule has 0 bridgehead atoms. The first kappa shape index (κ1) is 11.3. The van der Waals surface area contributed by atoms with Crippen molar-refractivity contribution < 1.29 is 4.74 Å². The van der Waals surface area contributed by atoms with Crippen LogP contribution in [-0.4, -0.2) is 35.8 Å². The van der Waals surface area contributed by atoms with Gasteiger partial charge < -0.3 is 9.64 Å². The Balaban J connectivity index is 2.03. The van der Waals surface area contributed by atoms with Crippen LogP contribution in [0.2, 0.25) is 0 Å². The molecule has 2 fully saturated rings. The molecule has 1 atom stereocenters. The second-order valence-corrected chi connectivity index (χ2v) is 4.54. The molecule has 3 aliphatic rings. The molecule has 0 aromatic carbocycles. The molecule has 0 amide bonds. The van der Waals surface area contributed by atoms with Gasteiger partial charge in [-0.3, -0.25) is 5.01 Å². The highest BCUT2D eigenvalue weighted by Crippen LogP contribution is 2.34. The van der Waals surface area contributed by atoms with Crippen LogP contribution in [0.1, 0.15) is 0 Å². The van der Waals surface area contributed by atoms with Gasteiger partial charge in [0.2, 0.25) is 0 Å². The third-order valence-corrected chi connectivity index (χ3v) is 3.51. The molecule has 1 N–H and O–H groups in total. The van der Waals surface area contributed by atoms with Gasteiger partial charge in [0.25, 0.3) is 0 Å². The summed E-state index contributed by atoms with van der Waals surface area (Å²) in [4.78, 5) is 2.24. The predicted molar refractivity (Wildman–Crippen MR) is 70.9 cm³/mol. The lowest BCUT2D eigenvalue weighted by Crippen LogP contribution is -2.61. The fourth-order valence-electron chi connectivity index (χ4n) is 2.57. The molecule has 0 aromatic heterocycles. The van der Waals surface area contributed by atoms with E-state index in [1.54, 1.807) is 0 Å². The number of rotatable bonds is 1. The zero-order chi connectivity index (χ0) is 12.7. The smallest absolute Gasteiger partial charge is 0.121 e. The topological polar surface area (TPSA) is 27.7 Å². The Bertz CT molecular complexity index is 489. The summed E-state index contributed by atoms with van der Waals surface area (Å²) in [5, 5.41) is 1.99. The number of hydrogen-bond donors (Lipinski definition) is 1. The minimum absolute atomic E-state index is 0.150. The summed E-state index contributed by atoms with van der Waals surface area (Å²) in [6, 6.07) is 0. The molecule has 94 valence electrons. The van der Waals surface area contributed by atoms with Crippen molar-refractivity contribution in [1.82, 2.24) is 15.3 Å². The van der Waals surface area contributed by atoms with Gasteiger partial charge >= 0.3 is 0 Å². The Morgan fingerprint density at radius 2 is 2.28 bits per heavy atom. The van der Waals surface area contributed by atoms with Gasteiger partial charge in [0.15, 0.2) is 0 Å². The summed E-state index contributed by atoms with van der Waals surface area (Å²) in [7, 11) is 0. The number of nitrogens with one attached hydrogen (secondary N) is 1. The lowest BCUT2D eigenvalue weighted by molar-refractivity contribution is -0.0380. The van der Waals surface area contributed by atoms with E-state index >= 15 is 0 Å². The average molecular weight is 243 g/mol. The molecule has 2 saturated heterocycles. The number of hydrazine groups is 1. The lowest BCUT2D eigenvalue weighted by atomic mass is 9.99. The fraction of sp³-hybridized carbons (Fsp3) is 0.286. The number of hydrogen-bond acceptors (Lipinski definition) is 4. The van der Waals surface area contributed by atoms with E-state index in [4.69, 9.17) is 4.74 Å². The SMILES string of the molecule is C=CC1=C2C(=C)N3CCOCC3NN2C=CC1=C. The Labute approximate surface area is 107 Å². The summed E-state index contributed by atoms with van der Waals surface area (Å²) in [5.41, 5.74) is 7.44. The van der Waals surface area contributed by atoms with E-state index in [9.17, 15) is 0 Å². The Morgan fingerprint density at radius 3 is 3.06 bits per heavy atom. The van der Waals surface area contributed by atoms with Crippen molar-refractivity contribution in [1.29, 1.82) is 0 Å². The fourth-order valence-corrected chi connectivity index (χ4v) is 2.57. The Kier molecular flexibility index (Phi) is 2.61. The second kappa shape index (κ2) is 4.15. The normalized spacial score (nSPS) is 27.2. The molecule has 1 unspecified atom stereocenters. The van der Waals surface area contributed by atoms with Crippen LogP contribution in [0, 0.1) is 0 Å². The molecule has 0 saturated carbocycles. The quantitative estimate of drug-likeness (QED) is 0.755. The van der Waals surface area contributed by atoms with Crippen LogP contribution in [-0.2, 0) is 4.74 Å². The van der Waals surface area contributed by atoms with Crippen LogP contribution in [0.15, 0.2) is 60.6 Å². The van der Waals surface area contributed by atoms with Crippen molar-refractivity contribution in [3.8, 4) is 0 Å². The molecule has 0 radical (unpaired) electrons. The molecular formula is C14H17N3O. The summed E-state index contributed by atoms with van der Waals surface area (Å²) in [6.45, 7) is 14.4. The first-order chi connectivity index (χ1) is 8.72. The molecule has 4 nitrogen and oxygen atoms in total. The van der Waals surface area contributed by atoms with E-state index in [-0.39, 0.29) is 6.17 Å². The molecule has 0 aliphatic carbocycles. The number of nitrogens with zero attached hydrogens (tertiary/aromatic N) is 2. The predicted octanol–water partition coefficient (Wildman–Crippen LogP) is 1.50. The van der Waals surface area contributed by atoms with Gasteiger partial charge in [-0.25, -0.2) is 5.43 Å².